The first-order valence-electron chi connectivity index (χ1n) is 6.39. The molecule has 0 radical (unpaired) electrons. The number of nitrogens with zero attached hydrogens (tertiary/aromatic N) is 5. The lowest BCUT2D eigenvalue weighted by atomic mass is 10.1. The molecule has 0 saturated carbocycles. The van der Waals surface area contributed by atoms with Gasteiger partial charge in [0.05, 0.1) is 22.4 Å². The van der Waals surface area contributed by atoms with Crippen molar-refractivity contribution in [2.45, 2.75) is 0 Å². The maximum Gasteiger partial charge on any atom is 0.278 e. The van der Waals surface area contributed by atoms with Crippen LogP contribution in [0, 0.1) is 10.1 Å². The third-order valence-corrected chi connectivity index (χ3v) is 3.76. The van der Waals surface area contributed by atoms with Crippen molar-refractivity contribution in [3.05, 3.63) is 51.7 Å². The molecule has 0 spiro atoms. The first kappa shape index (κ1) is 14.7. The zero-order valence-electron chi connectivity index (χ0n) is 11.7. The number of hydrogen-bond acceptors (Lipinski definition) is 6. The zero-order valence-corrected chi connectivity index (χ0v) is 12.5. The molecule has 0 amide bonds. The smallest absolute Gasteiger partial charge is 0.278 e. The molecule has 3 aromatic rings. The Labute approximate surface area is 133 Å². The van der Waals surface area contributed by atoms with Crippen molar-refractivity contribution in [3.8, 4) is 11.3 Å². The van der Waals surface area contributed by atoms with Crippen LogP contribution < -0.4 is 11.5 Å². The summed E-state index contributed by atoms with van der Waals surface area (Å²) >= 11 is 1.41. The highest BCUT2D eigenvalue weighted by Gasteiger charge is 2.21. The molecule has 0 aliphatic rings. The fraction of sp³-hybridized carbons (Fsp3) is 0. The fourth-order valence-electron chi connectivity index (χ4n) is 2.11. The number of imidazole rings is 1. The number of benzene rings is 1. The van der Waals surface area contributed by atoms with Crippen LogP contribution in [0.5, 0.6) is 0 Å². The molecular weight excluding hydrogens is 318 g/mol. The Bertz CT molecular complexity index is 937. The molecule has 2 aromatic heterocycles. The summed E-state index contributed by atoms with van der Waals surface area (Å²) in [5.74, 6) is -0.181. The maximum atomic E-state index is 11.2. The summed E-state index contributed by atoms with van der Waals surface area (Å²) in [6.45, 7) is 0. The average molecular weight is 329 g/mol. The monoisotopic (exact) mass is 329 g/mol. The lowest BCUT2D eigenvalue weighted by molar-refractivity contribution is -0.384. The third kappa shape index (κ3) is 2.74. The van der Waals surface area contributed by atoms with Gasteiger partial charge in [-0.05, 0) is 6.07 Å². The highest BCUT2D eigenvalue weighted by Crippen LogP contribution is 2.32. The highest BCUT2D eigenvalue weighted by atomic mass is 32.1. The number of nitro groups is 1. The summed E-state index contributed by atoms with van der Waals surface area (Å²) in [5, 5.41) is 20.4. The van der Waals surface area contributed by atoms with Crippen LogP contribution in [0.1, 0.15) is 5.69 Å². The van der Waals surface area contributed by atoms with Crippen LogP contribution in [-0.4, -0.2) is 26.5 Å². The van der Waals surface area contributed by atoms with E-state index in [1.54, 1.807) is 28.8 Å². The molecular formula is C13H11N7O2S. The molecule has 0 fully saturated rings. The van der Waals surface area contributed by atoms with Gasteiger partial charge in [-0.2, -0.15) is 5.10 Å². The van der Waals surface area contributed by atoms with E-state index < -0.39 is 4.92 Å². The molecule has 10 heteroatoms. The van der Waals surface area contributed by atoms with Crippen molar-refractivity contribution in [2.75, 3.05) is 0 Å². The van der Waals surface area contributed by atoms with Gasteiger partial charge in [0.1, 0.15) is 5.69 Å². The van der Waals surface area contributed by atoms with Gasteiger partial charge < -0.3 is 11.5 Å². The van der Waals surface area contributed by atoms with E-state index in [0.717, 1.165) is 0 Å². The highest BCUT2D eigenvalue weighted by molar-refractivity contribution is 7.15. The van der Waals surface area contributed by atoms with Gasteiger partial charge in [-0.3, -0.25) is 14.5 Å². The number of hydrogen-bond donors (Lipinski definition) is 2. The van der Waals surface area contributed by atoms with Crippen molar-refractivity contribution in [1.29, 1.82) is 0 Å². The number of nitrogens with two attached hydrogens (primary N) is 2. The van der Waals surface area contributed by atoms with E-state index in [1.807, 2.05) is 5.38 Å². The Morgan fingerprint density at radius 3 is 2.91 bits per heavy atom. The number of nitro benzene ring substituents is 1. The predicted molar refractivity (Wildman–Crippen MR) is 88.6 cm³/mol. The van der Waals surface area contributed by atoms with Crippen molar-refractivity contribution in [1.82, 2.24) is 9.38 Å². The van der Waals surface area contributed by atoms with E-state index in [4.69, 9.17) is 11.5 Å². The molecule has 0 aliphatic heterocycles. The van der Waals surface area contributed by atoms with E-state index in [-0.39, 0.29) is 11.6 Å². The van der Waals surface area contributed by atoms with Crippen LogP contribution in [0.15, 0.2) is 46.0 Å². The second-order valence-electron chi connectivity index (χ2n) is 4.44. The zero-order chi connectivity index (χ0) is 16.4. The summed E-state index contributed by atoms with van der Waals surface area (Å²) in [6, 6.07) is 6.39. The number of thiazole rings is 1. The molecule has 1 aromatic carbocycles. The summed E-state index contributed by atoms with van der Waals surface area (Å²) < 4.78 is 1.77. The van der Waals surface area contributed by atoms with Gasteiger partial charge >= 0.3 is 0 Å². The summed E-state index contributed by atoms with van der Waals surface area (Å²) in [7, 11) is 0. The van der Waals surface area contributed by atoms with E-state index >= 15 is 0 Å². The molecule has 23 heavy (non-hydrogen) atoms. The van der Waals surface area contributed by atoms with Gasteiger partial charge in [-0.15, -0.1) is 16.4 Å². The Morgan fingerprint density at radius 2 is 2.17 bits per heavy atom. The van der Waals surface area contributed by atoms with Gasteiger partial charge in [0.15, 0.2) is 4.96 Å². The minimum atomic E-state index is -0.445. The van der Waals surface area contributed by atoms with E-state index in [1.165, 1.54) is 23.6 Å². The Morgan fingerprint density at radius 1 is 1.39 bits per heavy atom. The largest absolute Gasteiger partial charge is 0.369 e. The second-order valence-corrected chi connectivity index (χ2v) is 5.32. The summed E-state index contributed by atoms with van der Waals surface area (Å²) in [5.41, 5.74) is 11.9. The molecule has 0 saturated heterocycles. The lowest BCUT2D eigenvalue weighted by Crippen LogP contribution is -2.21. The Kier molecular flexibility index (Phi) is 3.73. The fourth-order valence-corrected chi connectivity index (χ4v) is 2.83. The van der Waals surface area contributed by atoms with Crippen LogP contribution in [0.2, 0.25) is 0 Å². The molecule has 0 aliphatic carbocycles. The van der Waals surface area contributed by atoms with Gasteiger partial charge in [0.25, 0.3) is 5.69 Å². The first-order valence-corrected chi connectivity index (χ1v) is 7.27. The Balaban J connectivity index is 2.22. The van der Waals surface area contributed by atoms with Gasteiger partial charge in [-0.25, -0.2) is 4.98 Å². The van der Waals surface area contributed by atoms with E-state index in [2.05, 4.69) is 15.2 Å². The summed E-state index contributed by atoms with van der Waals surface area (Å²) in [4.78, 5) is 15.9. The van der Waals surface area contributed by atoms with Crippen molar-refractivity contribution in [3.63, 3.8) is 0 Å². The molecule has 0 atom stereocenters. The minimum absolute atomic E-state index is 0.0326. The average Bonchev–Trinajstić information content (AvgIpc) is 3.09. The van der Waals surface area contributed by atoms with Crippen molar-refractivity contribution in [2.24, 2.45) is 21.7 Å². The molecule has 0 unspecified atom stereocenters. The number of rotatable bonds is 4. The van der Waals surface area contributed by atoms with Crippen LogP contribution >= 0.6 is 11.3 Å². The maximum absolute atomic E-state index is 11.2. The number of para-hydroxylation sites is 1. The van der Waals surface area contributed by atoms with Gasteiger partial charge in [-0.1, -0.05) is 12.1 Å². The van der Waals surface area contributed by atoms with Crippen LogP contribution in [0.3, 0.4) is 0 Å². The molecule has 9 nitrogen and oxygen atoms in total. The topological polar surface area (TPSA) is 137 Å². The van der Waals surface area contributed by atoms with Gasteiger partial charge in [0.2, 0.25) is 5.96 Å². The molecule has 2 heterocycles. The number of fused-ring (bicyclic) bond motifs is 1. The number of guanidine groups is 1. The van der Waals surface area contributed by atoms with Crippen molar-refractivity contribution < 1.29 is 4.92 Å². The lowest BCUT2D eigenvalue weighted by Gasteiger charge is -2.01. The first-order chi connectivity index (χ1) is 11.1. The summed E-state index contributed by atoms with van der Waals surface area (Å²) in [6.07, 6.45) is 3.21. The van der Waals surface area contributed by atoms with E-state index in [0.29, 0.717) is 21.9 Å². The van der Waals surface area contributed by atoms with Crippen LogP contribution in [0.25, 0.3) is 16.2 Å². The molecule has 116 valence electrons. The number of aromatic nitrogens is 2. The predicted octanol–water partition coefficient (Wildman–Crippen LogP) is 1.58. The van der Waals surface area contributed by atoms with E-state index in [9.17, 15) is 10.1 Å². The molecule has 3 rings (SSSR count). The standard InChI is InChI=1S/C13H11N7O2S/c14-12(15)18-16-7-10-11(17-13-19(10)5-6-23-13)8-3-1-2-4-9(8)20(21)22/h1-7H,(H4,14,15,18). The molecule has 4 N–H and O–H groups in total. The minimum Gasteiger partial charge on any atom is -0.369 e. The van der Waals surface area contributed by atoms with Crippen LogP contribution in [0.4, 0.5) is 5.69 Å². The van der Waals surface area contributed by atoms with Crippen LogP contribution in [-0.2, 0) is 0 Å². The normalized spacial score (nSPS) is 11.1. The van der Waals surface area contributed by atoms with Crippen molar-refractivity contribution >= 4 is 34.2 Å². The Hall–Kier alpha value is -3.27. The van der Waals surface area contributed by atoms with Gasteiger partial charge in [0, 0.05) is 17.6 Å². The second kappa shape index (κ2) is 5.85. The SMILES string of the molecule is NC(N)=NN=Cc1c(-c2ccccc2[N+](=O)[O-])nc2sccn12. The molecule has 0 bridgehead atoms. The quantitative estimate of drug-likeness (QED) is 0.324. The third-order valence-electron chi connectivity index (χ3n) is 3.01.